The standard InChI is InChI=1S/C12H15N5O/c1-14-12(18)8-3-4-9(13)10(7-8)15-11-5-6-17(2)16-11/h3-7H,13H2,1-2H3,(H,14,18)(H,15,16). The van der Waals surface area contributed by atoms with E-state index in [0.29, 0.717) is 22.8 Å². The Hall–Kier alpha value is -2.50. The number of amides is 1. The third kappa shape index (κ3) is 2.42. The Labute approximate surface area is 105 Å². The van der Waals surface area contributed by atoms with Gasteiger partial charge in [0, 0.05) is 31.9 Å². The van der Waals surface area contributed by atoms with E-state index in [9.17, 15) is 4.79 Å². The van der Waals surface area contributed by atoms with Crippen molar-refractivity contribution >= 4 is 23.1 Å². The second-order valence-corrected chi connectivity index (χ2v) is 3.88. The molecule has 2 aromatic rings. The maximum Gasteiger partial charge on any atom is 0.251 e. The lowest BCUT2D eigenvalue weighted by molar-refractivity contribution is 0.0963. The Morgan fingerprint density at radius 3 is 2.78 bits per heavy atom. The van der Waals surface area contributed by atoms with Gasteiger partial charge in [-0.25, -0.2) is 0 Å². The predicted molar refractivity (Wildman–Crippen MR) is 70.7 cm³/mol. The Balaban J connectivity index is 2.29. The maximum absolute atomic E-state index is 11.5. The minimum atomic E-state index is -0.154. The number of anilines is 3. The molecule has 0 aliphatic rings. The largest absolute Gasteiger partial charge is 0.397 e. The minimum absolute atomic E-state index is 0.154. The molecule has 1 heterocycles. The molecule has 2 rings (SSSR count). The summed E-state index contributed by atoms with van der Waals surface area (Å²) in [6.07, 6.45) is 1.82. The SMILES string of the molecule is CNC(=O)c1ccc(N)c(Nc2ccn(C)n2)c1. The number of nitrogens with one attached hydrogen (secondary N) is 2. The van der Waals surface area contributed by atoms with Crippen LogP contribution in [0.4, 0.5) is 17.2 Å². The fraction of sp³-hybridized carbons (Fsp3) is 0.167. The molecular formula is C12H15N5O. The molecule has 94 valence electrons. The molecule has 0 bridgehead atoms. The number of rotatable bonds is 3. The van der Waals surface area contributed by atoms with Gasteiger partial charge in [0.05, 0.1) is 11.4 Å². The highest BCUT2D eigenvalue weighted by atomic mass is 16.1. The van der Waals surface area contributed by atoms with Crippen molar-refractivity contribution in [2.45, 2.75) is 0 Å². The first-order valence-corrected chi connectivity index (χ1v) is 5.48. The molecule has 0 saturated carbocycles. The van der Waals surface area contributed by atoms with E-state index in [1.165, 1.54) is 0 Å². The average molecular weight is 245 g/mol. The highest BCUT2D eigenvalue weighted by molar-refractivity contribution is 5.96. The summed E-state index contributed by atoms with van der Waals surface area (Å²) in [6.45, 7) is 0. The van der Waals surface area contributed by atoms with Gasteiger partial charge in [0.15, 0.2) is 5.82 Å². The monoisotopic (exact) mass is 245 g/mol. The second kappa shape index (κ2) is 4.79. The van der Waals surface area contributed by atoms with Crippen LogP contribution in [0.1, 0.15) is 10.4 Å². The Morgan fingerprint density at radius 2 is 2.17 bits per heavy atom. The molecule has 4 N–H and O–H groups in total. The number of carbonyl (C=O) groups excluding carboxylic acids is 1. The minimum Gasteiger partial charge on any atom is -0.397 e. The van der Waals surface area contributed by atoms with Gasteiger partial charge in [-0.3, -0.25) is 9.48 Å². The van der Waals surface area contributed by atoms with Crippen molar-refractivity contribution in [1.29, 1.82) is 0 Å². The van der Waals surface area contributed by atoms with Gasteiger partial charge in [-0.15, -0.1) is 0 Å². The Bertz CT molecular complexity index is 576. The lowest BCUT2D eigenvalue weighted by Gasteiger charge is -2.08. The molecule has 0 radical (unpaired) electrons. The fourth-order valence-electron chi connectivity index (χ4n) is 1.57. The zero-order valence-electron chi connectivity index (χ0n) is 10.3. The first kappa shape index (κ1) is 12.0. The van der Waals surface area contributed by atoms with E-state index < -0.39 is 0 Å². The van der Waals surface area contributed by atoms with E-state index >= 15 is 0 Å². The van der Waals surface area contributed by atoms with Gasteiger partial charge < -0.3 is 16.4 Å². The maximum atomic E-state index is 11.5. The zero-order valence-corrected chi connectivity index (χ0v) is 10.3. The molecular weight excluding hydrogens is 230 g/mol. The van der Waals surface area contributed by atoms with E-state index in [-0.39, 0.29) is 5.91 Å². The fourth-order valence-corrected chi connectivity index (χ4v) is 1.57. The van der Waals surface area contributed by atoms with Crippen molar-refractivity contribution < 1.29 is 4.79 Å². The summed E-state index contributed by atoms with van der Waals surface area (Å²) in [5.41, 5.74) is 7.63. The van der Waals surface area contributed by atoms with Crippen LogP contribution in [0.2, 0.25) is 0 Å². The molecule has 0 unspecified atom stereocenters. The highest BCUT2D eigenvalue weighted by Crippen LogP contribution is 2.23. The Kier molecular flexibility index (Phi) is 3.18. The lowest BCUT2D eigenvalue weighted by atomic mass is 10.1. The van der Waals surface area contributed by atoms with Crippen LogP contribution in [0.15, 0.2) is 30.5 Å². The summed E-state index contributed by atoms with van der Waals surface area (Å²) < 4.78 is 1.68. The number of carbonyl (C=O) groups is 1. The molecule has 18 heavy (non-hydrogen) atoms. The third-order valence-corrected chi connectivity index (χ3v) is 2.52. The van der Waals surface area contributed by atoms with Crippen molar-refractivity contribution in [3.05, 3.63) is 36.0 Å². The number of aryl methyl sites for hydroxylation is 1. The summed E-state index contributed by atoms with van der Waals surface area (Å²) in [5.74, 6) is 0.525. The van der Waals surface area contributed by atoms with Crippen LogP contribution in [-0.2, 0) is 7.05 Å². The van der Waals surface area contributed by atoms with Crippen LogP contribution < -0.4 is 16.4 Å². The topological polar surface area (TPSA) is 85.0 Å². The molecule has 6 heteroatoms. The number of nitrogens with two attached hydrogens (primary N) is 1. The first-order chi connectivity index (χ1) is 8.60. The van der Waals surface area contributed by atoms with Gasteiger partial charge in [0.25, 0.3) is 5.91 Å². The lowest BCUT2D eigenvalue weighted by Crippen LogP contribution is -2.18. The smallest absolute Gasteiger partial charge is 0.251 e. The molecule has 0 aliphatic carbocycles. The van der Waals surface area contributed by atoms with Crippen molar-refractivity contribution in [3.63, 3.8) is 0 Å². The number of aromatic nitrogens is 2. The highest BCUT2D eigenvalue weighted by Gasteiger charge is 2.07. The molecule has 6 nitrogen and oxygen atoms in total. The van der Waals surface area contributed by atoms with Gasteiger partial charge in [0.2, 0.25) is 0 Å². The number of benzene rings is 1. The first-order valence-electron chi connectivity index (χ1n) is 5.48. The van der Waals surface area contributed by atoms with Gasteiger partial charge in [0.1, 0.15) is 0 Å². The molecule has 0 aliphatic heterocycles. The summed E-state index contributed by atoms with van der Waals surface area (Å²) in [7, 11) is 3.42. The molecule has 1 aromatic carbocycles. The quantitative estimate of drug-likeness (QED) is 0.707. The number of hydrogen-bond acceptors (Lipinski definition) is 4. The predicted octanol–water partition coefficient (Wildman–Crippen LogP) is 1.11. The van der Waals surface area contributed by atoms with E-state index in [1.807, 2.05) is 19.3 Å². The van der Waals surface area contributed by atoms with E-state index in [1.54, 1.807) is 29.9 Å². The molecule has 0 atom stereocenters. The van der Waals surface area contributed by atoms with Crippen molar-refractivity contribution in [1.82, 2.24) is 15.1 Å². The van der Waals surface area contributed by atoms with Crippen LogP contribution in [0, 0.1) is 0 Å². The third-order valence-electron chi connectivity index (χ3n) is 2.52. The van der Waals surface area contributed by atoms with Crippen molar-refractivity contribution in [3.8, 4) is 0 Å². The normalized spacial score (nSPS) is 10.1. The van der Waals surface area contributed by atoms with Gasteiger partial charge in [-0.2, -0.15) is 5.10 Å². The van der Waals surface area contributed by atoms with E-state index in [2.05, 4.69) is 15.7 Å². The second-order valence-electron chi connectivity index (χ2n) is 3.88. The number of nitrogen functional groups attached to an aromatic ring is 1. The van der Waals surface area contributed by atoms with Crippen molar-refractivity contribution in [2.75, 3.05) is 18.1 Å². The molecule has 1 aromatic heterocycles. The van der Waals surface area contributed by atoms with E-state index in [0.717, 1.165) is 0 Å². The zero-order chi connectivity index (χ0) is 13.1. The Morgan fingerprint density at radius 1 is 1.39 bits per heavy atom. The van der Waals surface area contributed by atoms with E-state index in [4.69, 9.17) is 5.73 Å². The number of hydrogen-bond donors (Lipinski definition) is 3. The average Bonchev–Trinajstić information content (AvgIpc) is 2.76. The summed E-state index contributed by atoms with van der Waals surface area (Å²) >= 11 is 0. The van der Waals surface area contributed by atoms with Gasteiger partial charge in [-0.1, -0.05) is 0 Å². The van der Waals surface area contributed by atoms with Crippen LogP contribution in [0.5, 0.6) is 0 Å². The molecule has 0 spiro atoms. The molecule has 1 amide bonds. The van der Waals surface area contributed by atoms with Crippen LogP contribution in [0.3, 0.4) is 0 Å². The summed E-state index contributed by atoms with van der Waals surface area (Å²) in [6, 6.07) is 6.89. The van der Waals surface area contributed by atoms with Gasteiger partial charge >= 0.3 is 0 Å². The van der Waals surface area contributed by atoms with Gasteiger partial charge in [-0.05, 0) is 18.2 Å². The molecule has 0 fully saturated rings. The summed E-state index contributed by atoms with van der Waals surface area (Å²) in [4.78, 5) is 11.5. The molecule has 0 saturated heterocycles. The summed E-state index contributed by atoms with van der Waals surface area (Å²) in [5, 5.41) is 9.84. The van der Waals surface area contributed by atoms with Crippen LogP contribution in [-0.4, -0.2) is 22.7 Å². The van der Waals surface area contributed by atoms with Crippen LogP contribution in [0.25, 0.3) is 0 Å². The number of nitrogens with zero attached hydrogens (tertiary/aromatic N) is 2. The van der Waals surface area contributed by atoms with Crippen LogP contribution >= 0.6 is 0 Å². The van der Waals surface area contributed by atoms with Crippen molar-refractivity contribution in [2.24, 2.45) is 7.05 Å².